The molecule has 0 unspecified atom stereocenters. The van der Waals surface area contributed by atoms with Crippen molar-refractivity contribution in [3.05, 3.63) is 125 Å². The minimum atomic E-state index is 0.628. The van der Waals surface area contributed by atoms with E-state index in [2.05, 4.69) is 95.3 Å². The normalized spacial score (nSPS) is 15.9. The third-order valence-corrected chi connectivity index (χ3v) is 7.45. The van der Waals surface area contributed by atoms with Gasteiger partial charge < -0.3 is 14.2 Å². The van der Waals surface area contributed by atoms with Gasteiger partial charge in [-0.1, -0.05) is 103 Å². The average molecular weight is 553 g/mol. The minimum absolute atomic E-state index is 0.628. The van der Waals surface area contributed by atoms with E-state index in [1.54, 1.807) is 7.11 Å². The molecule has 1 aliphatic carbocycles. The quantitative estimate of drug-likeness (QED) is 0.228. The predicted octanol–water partition coefficient (Wildman–Crippen LogP) is 10.1. The summed E-state index contributed by atoms with van der Waals surface area (Å²) in [7, 11) is 1.67. The summed E-state index contributed by atoms with van der Waals surface area (Å²) < 4.78 is 16.5. The van der Waals surface area contributed by atoms with Gasteiger partial charge in [0.25, 0.3) is 0 Å². The van der Waals surface area contributed by atoms with Crippen LogP contribution in [-0.4, -0.2) is 13.7 Å². The summed E-state index contributed by atoms with van der Waals surface area (Å²) >= 11 is 0. The van der Waals surface area contributed by atoms with Crippen LogP contribution >= 0.6 is 0 Å². The molecule has 0 amide bonds. The van der Waals surface area contributed by atoms with Gasteiger partial charge in [-0.25, -0.2) is 0 Å². The van der Waals surface area contributed by atoms with Crippen molar-refractivity contribution in [1.82, 2.24) is 0 Å². The number of hydrogen-bond donors (Lipinski definition) is 0. The summed E-state index contributed by atoms with van der Waals surface area (Å²) in [5.74, 6) is 4.56. The smallest absolute Gasteiger partial charge is 0.119 e. The molecule has 0 heterocycles. The molecule has 0 N–H and O–H groups in total. The molecule has 3 nitrogen and oxygen atoms in total. The highest BCUT2D eigenvalue weighted by Gasteiger charge is 2.18. The third kappa shape index (κ3) is 12.6. The van der Waals surface area contributed by atoms with Gasteiger partial charge in [0.1, 0.15) is 23.9 Å². The molecule has 3 heteroatoms. The summed E-state index contributed by atoms with van der Waals surface area (Å²) in [6.07, 6.45) is 5.43. The maximum absolute atomic E-state index is 5.84. The molecule has 4 aromatic rings. The fourth-order valence-corrected chi connectivity index (χ4v) is 4.50. The molecule has 1 saturated carbocycles. The molecular weight excluding hydrogens is 504 g/mol. The van der Waals surface area contributed by atoms with Gasteiger partial charge in [-0.15, -0.1) is 0 Å². The average Bonchev–Trinajstić information content (AvgIpc) is 2.99. The van der Waals surface area contributed by atoms with Crippen LogP contribution < -0.4 is 14.2 Å². The highest BCUT2D eigenvalue weighted by atomic mass is 16.5. The Morgan fingerprint density at radius 3 is 1.34 bits per heavy atom. The Morgan fingerprint density at radius 2 is 0.902 bits per heavy atom. The number of methoxy groups -OCH3 is 1. The fraction of sp³-hybridized carbons (Fsp3) is 0.368. The molecule has 5 rings (SSSR count). The van der Waals surface area contributed by atoms with Gasteiger partial charge in [-0.3, -0.25) is 0 Å². The number of hydrogen-bond acceptors (Lipinski definition) is 3. The summed E-state index contributed by atoms with van der Waals surface area (Å²) in [6.45, 7) is 12.2. The monoisotopic (exact) mass is 552 g/mol. The van der Waals surface area contributed by atoms with Crippen LogP contribution in [0, 0.1) is 39.5 Å². The first-order valence-corrected chi connectivity index (χ1v) is 14.9. The van der Waals surface area contributed by atoms with E-state index in [9.17, 15) is 0 Å². The van der Waals surface area contributed by atoms with Crippen LogP contribution in [0.4, 0.5) is 0 Å². The lowest BCUT2D eigenvalue weighted by Crippen LogP contribution is -2.18. The van der Waals surface area contributed by atoms with Crippen LogP contribution in [0.15, 0.2) is 97.1 Å². The van der Waals surface area contributed by atoms with Crippen LogP contribution in [0.25, 0.3) is 0 Å². The van der Waals surface area contributed by atoms with Crippen molar-refractivity contribution in [2.24, 2.45) is 11.8 Å². The summed E-state index contributed by atoms with van der Waals surface area (Å²) in [5, 5.41) is 0. The van der Waals surface area contributed by atoms with Crippen molar-refractivity contribution in [3.8, 4) is 17.2 Å². The summed E-state index contributed by atoms with van der Waals surface area (Å²) in [5.41, 5.74) is 6.28. The van der Waals surface area contributed by atoms with E-state index >= 15 is 0 Å². The van der Waals surface area contributed by atoms with Crippen LogP contribution in [0.1, 0.15) is 60.4 Å². The standard InChI is InChI=1S/C15H22O.C15H16O.C8H10O/c2*1-12-3-7-14(8-4-12)11-16-15-9-5-13(2)6-10-15;1-7-3-5-8(9-2)6-4-7/h5-6,9-10,12,14H,3-4,7-8,11H2,1-2H3;3-10H,11H2,1-2H3;3-6H,1-2H3. The second kappa shape index (κ2) is 17.2. The van der Waals surface area contributed by atoms with E-state index in [1.807, 2.05) is 36.4 Å². The van der Waals surface area contributed by atoms with Gasteiger partial charge in [0.05, 0.1) is 13.7 Å². The molecule has 0 saturated heterocycles. The molecule has 218 valence electrons. The molecule has 0 atom stereocenters. The zero-order valence-electron chi connectivity index (χ0n) is 25.9. The van der Waals surface area contributed by atoms with Crippen LogP contribution in [0.3, 0.4) is 0 Å². The Morgan fingerprint density at radius 1 is 0.512 bits per heavy atom. The molecule has 0 bridgehead atoms. The van der Waals surface area contributed by atoms with E-state index < -0.39 is 0 Å². The lowest BCUT2D eigenvalue weighted by molar-refractivity contribution is 0.188. The number of aryl methyl sites for hydroxylation is 4. The Bertz CT molecular complexity index is 1190. The van der Waals surface area contributed by atoms with Crippen LogP contribution in [0.2, 0.25) is 0 Å². The van der Waals surface area contributed by atoms with Crippen molar-refractivity contribution in [2.45, 2.75) is 66.9 Å². The maximum Gasteiger partial charge on any atom is 0.119 e. The predicted molar refractivity (Wildman–Crippen MR) is 172 cm³/mol. The molecule has 41 heavy (non-hydrogen) atoms. The summed E-state index contributed by atoms with van der Waals surface area (Å²) in [4.78, 5) is 0. The highest BCUT2D eigenvalue weighted by molar-refractivity contribution is 5.28. The zero-order chi connectivity index (χ0) is 29.5. The third-order valence-electron chi connectivity index (χ3n) is 7.45. The van der Waals surface area contributed by atoms with E-state index in [1.165, 1.54) is 53.5 Å². The van der Waals surface area contributed by atoms with E-state index in [0.29, 0.717) is 6.61 Å². The second-order valence-corrected chi connectivity index (χ2v) is 11.4. The van der Waals surface area contributed by atoms with Gasteiger partial charge in [0.2, 0.25) is 0 Å². The molecule has 0 radical (unpaired) electrons. The molecular formula is C38H48O3. The topological polar surface area (TPSA) is 27.7 Å². The van der Waals surface area contributed by atoms with Gasteiger partial charge in [-0.2, -0.15) is 0 Å². The van der Waals surface area contributed by atoms with Crippen molar-refractivity contribution in [3.63, 3.8) is 0 Å². The van der Waals surface area contributed by atoms with Crippen molar-refractivity contribution >= 4 is 0 Å². The molecule has 1 aliphatic rings. The molecule has 4 aromatic carbocycles. The highest BCUT2D eigenvalue weighted by Crippen LogP contribution is 2.28. The number of rotatable bonds is 7. The van der Waals surface area contributed by atoms with Gasteiger partial charge >= 0.3 is 0 Å². The lowest BCUT2D eigenvalue weighted by Gasteiger charge is -2.26. The first-order valence-electron chi connectivity index (χ1n) is 14.9. The van der Waals surface area contributed by atoms with E-state index in [4.69, 9.17) is 14.2 Å². The largest absolute Gasteiger partial charge is 0.497 e. The Hall–Kier alpha value is -3.72. The second-order valence-electron chi connectivity index (χ2n) is 11.4. The SMILES string of the molecule is COc1ccc(C)cc1.Cc1ccc(COc2ccc(C)cc2)cc1.Cc1ccc(OCC2CCC(C)CC2)cc1. The van der Waals surface area contributed by atoms with Gasteiger partial charge in [0.15, 0.2) is 0 Å². The summed E-state index contributed by atoms with van der Waals surface area (Å²) in [6, 6.07) is 32.9. The molecule has 0 aliphatic heterocycles. The minimum Gasteiger partial charge on any atom is -0.497 e. The molecule has 0 spiro atoms. The number of benzene rings is 4. The van der Waals surface area contributed by atoms with Crippen LogP contribution in [-0.2, 0) is 6.61 Å². The molecule has 0 aromatic heterocycles. The van der Waals surface area contributed by atoms with E-state index in [0.717, 1.165) is 35.7 Å². The first-order chi connectivity index (χ1) is 19.8. The van der Waals surface area contributed by atoms with E-state index in [-0.39, 0.29) is 0 Å². The lowest BCUT2D eigenvalue weighted by atomic mass is 9.83. The van der Waals surface area contributed by atoms with Crippen LogP contribution in [0.5, 0.6) is 17.2 Å². The maximum atomic E-state index is 5.84. The fourth-order valence-electron chi connectivity index (χ4n) is 4.50. The zero-order valence-corrected chi connectivity index (χ0v) is 25.9. The Labute approximate surface area is 248 Å². The van der Waals surface area contributed by atoms with Gasteiger partial charge in [0, 0.05) is 0 Å². The van der Waals surface area contributed by atoms with Crippen molar-refractivity contribution in [1.29, 1.82) is 0 Å². The first kappa shape index (κ1) is 31.8. The molecule has 1 fully saturated rings. The van der Waals surface area contributed by atoms with Gasteiger partial charge in [-0.05, 0) is 94.3 Å². The Kier molecular flexibility index (Phi) is 13.3. The Balaban J connectivity index is 0.000000176. The number of ether oxygens (including phenoxy) is 3. The van der Waals surface area contributed by atoms with Crippen molar-refractivity contribution in [2.75, 3.05) is 13.7 Å². The van der Waals surface area contributed by atoms with Crippen molar-refractivity contribution < 1.29 is 14.2 Å².